The summed E-state index contributed by atoms with van der Waals surface area (Å²) in [6.45, 7) is 8.89. The summed E-state index contributed by atoms with van der Waals surface area (Å²) in [5.74, 6) is 0. The van der Waals surface area contributed by atoms with Gasteiger partial charge in [0.25, 0.3) is 0 Å². The van der Waals surface area contributed by atoms with E-state index in [4.69, 9.17) is 4.84 Å². The van der Waals surface area contributed by atoms with Gasteiger partial charge in [0.2, 0.25) is 0 Å². The van der Waals surface area contributed by atoms with Crippen LogP contribution in [0.15, 0.2) is 0 Å². The Labute approximate surface area is 56.7 Å². The molecular formula is C6H17NO2. The van der Waals surface area contributed by atoms with Crippen LogP contribution in [-0.2, 0) is 4.84 Å². The highest BCUT2D eigenvalue weighted by molar-refractivity contribution is 4.55. The Balaban J connectivity index is 0. The molecule has 0 heterocycles. The zero-order valence-corrected chi connectivity index (χ0v) is 6.62. The van der Waals surface area contributed by atoms with Gasteiger partial charge in [-0.05, 0) is 20.8 Å². The predicted molar refractivity (Wildman–Crippen MR) is 38.1 cm³/mol. The number of rotatable bonds is 2. The molecule has 0 saturated carbocycles. The lowest BCUT2D eigenvalue weighted by Crippen LogP contribution is -2.28. The van der Waals surface area contributed by atoms with Crippen molar-refractivity contribution in [3.05, 3.63) is 0 Å². The maximum Gasteiger partial charge on any atom is 0.0812 e. The Bertz CT molecular complexity index is 58.6. The van der Waals surface area contributed by atoms with Gasteiger partial charge in [0, 0.05) is 6.54 Å². The van der Waals surface area contributed by atoms with Gasteiger partial charge in [-0.1, -0.05) is 6.92 Å². The van der Waals surface area contributed by atoms with Crippen molar-refractivity contribution < 1.29 is 10.3 Å². The molecule has 0 bridgehead atoms. The van der Waals surface area contributed by atoms with Gasteiger partial charge in [-0.3, -0.25) is 4.84 Å². The number of hydroxylamine groups is 1. The van der Waals surface area contributed by atoms with E-state index >= 15 is 0 Å². The summed E-state index contributed by atoms with van der Waals surface area (Å²) >= 11 is 0. The average molecular weight is 135 g/mol. The van der Waals surface area contributed by atoms with Gasteiger partial charge in [0.1, 0.15) is 0 Å². The second-order valence-electron chi connectivity index (χ2n) is 2.71. The lowest BCUT2D eigenvalue weighted by molar-refractivity contribution is -0.0702. The third kappa shape index (κ3) is 11.4. The summed E-state index contributed by atoms with van der Waals surface area (Å²) in [5.41, 5.74) is 2.73. The van der Waals surface area contributed by atoms with E-state index in [0.29, 0.717) is 0 Å². The van der Waals surface area contributed by atoms with Gasteiger partial charge in [-0.15, -0.1) is 0 Å². The van der Waals surface area contributed by atoms with E-state index < -0.39 is 0 Å². The zero-order valence-electron chi connectivity index (χ0n) is 6.62. The summed E-state index contributed by atoms with van der Waals surface area (Å²) in [5, 5.41) is 0. The van der Waals surface area contributed by atoms with Crippen LogP contribution >= 0.6 is 0 Å². The van der Waals surface area contributed by atoms with Gasteiger partial charge in [-0.2, -0.15) is 0 Å². The number of nitrogens with one attached hydrogen (secondary N) is 1. The molecule has 58 valence electrons. The Hall–Kier alpha value is -0.120. The fourth-order valence-corrected chi connectivity index (χ4v) is 0.289. The predicted octanol–water partition coefficient (Wildman–Crippen LogP) is 0.501. The van der Waals surface area contributed by atoms with E-state index in [0.717, 1.165) is 6.54 Å². The molecule has 3 heteroatoms. The van der Waals surface area contributed by atoms with Crippen molar-refractivity contribution >= 4 is 0 Å². The number of hydrogen-bond donors (Lipinski definition) is 1. The molecule has 0 spiro atoms. The summed E-state index contributed by atoms with van der Waals surface area (Å²) < 4.78 is 0. The highest BCUT2D eigenvalue weighted by atomic mass is 16.7. The van der Waals surface area contributed by atoms with E-state index in [2.05, 4.69) is 5.48 Å². The summed E-state index contributed by atoms with van der Waals surface area (Å²) in [7, 11) is 0. The van der Waals surface area contributed by atoms with E-state index in [1.807, 2.05) is 27.7 Å². The molecule has 0 aromatic carbocycles. The van der Waals surface area contributed by atoms with Gasteiger partial charge >= 0.3 is 0 Å². The first-order valence-corrected chi connectivity index (χ1v) is 2.97. The fourth-order valence-electron chi connectivity index (χ4n) is 0.289. The van der Waals surface area contributed by atoms with Crippen LogP contribution in [0.4, 0.5) is 0 Å². The monoisotopic (exact) mass is 135 g/mol. The van der Waals surface area contributed by atoms with Crippen molar-refractivity contribution in [2.45, 2.75) is 33.3 Å². The molecule has 0 fully saturated rings. The molecule has 9 heavy (non-hydrogen) atoms. The third-order valence-corrected chi connectivity index (χ3v) is 0.523. The minimum Gasteiger partial charge on any atom is -0.412 e. The van der Waals surface area contributed by atoms with E-state index in [1.54, 1.807) is 0 Å². The van der Waals surface area contributed by atoms with Crippen LogP contribution in [0.5, 0.6) is 0 Å². The van der Waals surface area contributed by atoms with Gasteiger partial charge in [-0.25, -0.2) is 5.48 Å². The maximum atomic E-state index is 5.13. The normalized spacial score (nSPS) is 10.7. The van der Waals surface area contributed by atoms with Crippen molar-refractivity contribution in [3.63, 3.8) is 0 Å². The van der Waals surface area contributed by atoms with E-state index in [9.17, 15) is 0 Å². The van der Waals surface area contributed by atoms with Crippen molar-refractivity contribution in [2.24, 2.45) is 0 Å². The minimum atomic E-state index is -0.0595. The van der Waals surface area contributed by atoms with Crippen LogP contribution in [0.3, 0.4) is 0 Å². The Morgan fingerprint density at radius 1 is 1.33 bits per heavy atom. The van der Waals surface area contributed by atoms with Crippen LogP contribution in [0.2, 0.25) is 0 Å². The SMILES string of the molecule is CCNOC(C)(C)C.O. The van der Waals surface area contributed by atoms with Crippen LogP contribution in [-0.4, -0.2) is 17.6 Å². The molecule has 3 N–H and O–H groups in total. The fraction of sp³-hybridized carbons (Fsp3) is 1.00. The second kappa shape index (κ2) is 4.73. The Morgan fingerprint density at radius 2 is 1.78 bits per heavy atom. The lowest BCUT2D eigenvalue weighted by atomic mass is 10.2. The molecule has 0 saturated heterocycles. The second-order valence-corrected chi connectivity index (χ2v) is 2.71. The van der Waals surface area contributed by atoms with E-state index in [1.165, 1.54) is 0 Å². The molecule has 0 amide bonds. The molecule has 0 unspecified atom stereocenters. The van der Waals surface area contributed by atoms with Crippen molar-refractivity contribution in [3.8, 4) is 0 Å². The third-order valence-electron chi connectivity index (χ3n) is 0.523. The minimum absolute atomic E-state index is 0. The highest BCUT2D eigenvalue weighted by Gasteiger charge is 2.08. The summed E-state index contributed by atoms with van der Waals surface area (Å²) in [6, 6.07) is 0. The molecule has 0 aliphatic rings. The highest BCUT2D eigenvalue weighted by Crippen LogP contribution is 2.02. The molecular weight excluding hydrogens is 118 g/mol. The number of hydrogen-bond acceptors (Lipinski definition) is 2. The Morgan fingerprint density at radius 3 is 1.89 bits per heavy atom. The molecule has 0 aliphatic carbocycles. The molecule has 0 aromatic rings. The molecule has 0 radical (unpaired) electrons. The first kappa shape index (κ1) is 11.6. The maximum absolute atomic E-state index is 5.13. The molecule has 0 rings (SSSR count). The van der Waals surface area contributed by atoms with E-state index in [-0.39, 0.29) is 11.1 Å². The molecule has 0 aromatic heterocycles. The van der Waals surface area contributed by atoms with Crippen LogP contribution < -0.4 is 5.48 Å². The van der Waals surface area contributed by atoms with Gasteiger partial charge in [0.15, 0.2) is 0 Å². The van der Waals surface area contributed by atoms with Gasteiger partial charge in [0.05, 0.1) is 5.60 Å². The molecule has 0 aliphatic heterocycles. The Kier molecular flexibility index (Phi) is 6.12. The van der Waals surface area contributed by atoms with Crippen molar-refractivity contribution in [1.29, 1.82) is 0 Å². The van der Waals surface area contributed by atoms with Crippen molar-refractivity contribution in [2.75, 3.05) is 6.54 Å². The first-order chi connectivity index (χ1) is 3.56. The average Bonchev–Trinajstić information content (AvgIpc) is 1.59. The largest absolute Gasteiger partial charge is 0.412 e. The molecule has 3 nitrogen and oxygen atoms in total. The summed E-state index contributed by atoms with van der Waals surface area (Å²) in [6.07, 6.45) is 0. The quantitative estimate of drug-likeness (QED) is 0.560. The van der Waals surface area contributed by atoms with Crippen LogP contribution in [0.25, 0.3) is 0 Å². The smallest absolute Gasteiger partial charge is 0.0812 e. The van der Waals surface area contributed by atoms with Crippen molar-refractivity contribution in [1.82, 2.24) is 5.48 Å². The standard InChI is InChI=1S/C6H15NO.H2O/c1-5-7-8-6(2,3)4;/h7H,5H2,1-4H3;1H2. The lowest BCUT2D eigenvalue weighted by Gasteiger charge is -2.18. The first-order valence-electron chi connectivity index (χ1n) is 2.97. The van der Waals surface area contributed by atoms with Crippen LogP contribution in [0.1, 0.15) is 27.7 Å². The van der Waals surface area contributed by atoms with Crippen LogP contribution in [0, 0.1) is 0 Å². The molecule has 0 atom stereocenters. The summed E-state index contributed by atoms with van der Waals surface area (Å²) in [4.78, 5) is 5.13. The topological polar surface area (TPSA) is 52.8 Å². The van der Waals surface area contributed by atoms with Gasteiger partial charge < -0.3 is 5.48 Å². The zero-order chi connectivity index (χ0) is 6.62.